The van der Waals surface area contributed by atoms with Crippen LogP contribution in [-0.4, -0.2) is 50.2 Å². The summed E-state index contributed by atoms with van der Waals surface area (Å²) in [6, 6.07) is 7.54. The van der Waals surface area contributed by atoms with Gasteiger partial charge in [-0.3, -0.25) is 4.79 Å². The van der Waals surface area contributed by atoms with Gasteiger partial charge in [-0.25, -0.2) is 0 Å². The standard InChI is InChI=1S/C17H20ClN3O2/c18-16-10-15(4-3-13(16)11-19)21-5-1-2-14(12-21)17(22)20-6-8-23-9-7-20/h3-4,10,14H,1-2,5-9,12H2. The molecule has 3 rings (SSSR count). The fourth-order valence-corrected chi connectivity index (χ4v) is 3.46. The molecular weight excluding hydrogens is 314 g/mol. The second kappa shape index (κ2) is 7.20. The van der Waals surface area contributed by atoms with E-state index in [9.17, 15) is 4.79 Å². The molecule has 1 amide bonds. The number of ether oxygens (including phenoxy) is 1. The first-order chi connectivity index (χ1) is 11.2. The third-order valence-corrected chi connectivity index (χ3v) is 4.84. The van der Waals surface area contributed by atoms with Gasteiger partial charge in [0.1, 0.15) is 6.07 Å². The maximum absolute atomic E-state index is 12.7. The van der Waals surface area contributed by atoms with Gasteiger partial charge in [0, 0.05) is 31.9 Å². The van der Waals surface area contributed by atoms with Gasteiger partial charge in [0.2, 0.25) is 5.91 Å². The van der Waals surface area contributed by atoms with E-state index in [0.717, 1.165) is 25.1 Å². The highest BCUT2D eigenvalue weighted by molar-refractivity contribution is 6.32. The highest BCUT2D eigenvalue weighted by Gasteiger charge is 2.30. The van der Waals surface area contributed by atoms with Crippen LogP contribution in [0.5, 0.6) is 0 Å². The van der Waals surface area contributed by atoms with Crippen LogP contribution < -0.4 is 4.90 Å². The van der Waals surface area contributed by atoms with Gasteiger partial charge in [-0.15, -0.1) is 0 Å². The summed E-state index contributed by atoms with van der Waals surface area (Å²) < 4.78 is 5.32. The number of carbonyl (C=O) groups is 1. The zero-order valence-electron chi connectivity index (χ0n) is 13.0. The molecule has 6 heteroatoms. The van der Waals surface area contributed by atoms with E-state index in [1.807, 2.05) is 17.0 Å². The van der Waals surface area contributed by atoms with Crippen LogP contribution in [0.1, 0.15) is 18.4 Å². The summed E-state index contributed by atoms with van der Waals surface area (Å²) in [7, 11) is 0. The zero-order chi connectivity index (χ0) is 16.2. The van der Waals surface area contributed by atoms with Gasteiger partial charge in [-0.2, -0.15) is 5.26 Å². The molecule has 0 spiro atoms. The Labute approximate surface area is 141 Å². The summed E-state index contributed by atoms with van der Waals surface area (Å²) >= 11 is 6.13. The molecular formula is C17H20ClN3O2. The number of nitrogens with zero attached hydrogens (tertiary/aromatic N) is 3. The molecule has 2 heterocycles. The average molecular weight is 334 g/mol. The molecule has 0 aliphatic carbocycles. The van der Waals surface area contributed by atoms with E-state index in [1.54, 1.807) is 6.07 Å². The number of benzene rings is 1. The molecule has 1 aromatic carbocycles. The second-order valence-electron chi connectivity index (χ2n) is 6.00. The van der Waals surface area contributed by atoms with Gasteiger partial charge in [-0.05, 0) is 31.0 Å². The van der Waals surface area contributed by atoms with Crippen LogP contribution in [0.4, 0.5) is 5.69 Å². The zero-order valence-corrected chi connectivity index (χ0v) is 13.8. The SMILES string of the molecule is N#Cc1ccc(N2CCCC(C(=O)N3CCOCC3)C2)cc1Cl. The van der Waals surface area contributed by atoms with Crippen molar-refractivity contribution >= 4 is 23.2 Å². The molecule has 0 N–H and O–H groups in total. The molecule has 0 saturated carbocycles. The first kappa shape index (κ1) is 16.1. The third-order valence-electron chi connectivity index (χ3n) is 4.53. The third kappa shape index (κ3) is 3.60. The highest BCUT2D eigenvalue weighted by atomic mass is 35.5. The quantitative estimate of drug-likeness (QED) is 0.833. The minimum Gasteiger partial charge on any atom is -0.378 e. The Morgan fingerprint density at radius 3 is 2.78 bits per heavy atom. The maximum Gasteiger partial charge on any atom is 0.227 e. The number of piperidine rings is 1. The summed E-state index contributed by atoms with van der Waals surface area (Å²) in [6.45, 7) is 4.27. The molecule has 5 nitrogen and oxygen atoms in total. The van der Waals surface area contributed by atoms with Crippen LogP contribution in [0.25, 0.3) is 0 Å². The van der Waals surface area contributed by atoms with Gasteiger partial charge < -0.3 is 14.5 Å². The van der Waals surface area contributed by atoms with Crippen LogP contribution in [0, 0.1) is 17.2 Å². The molecule has 0 aromatic heterocycles. The van der Waals surface area contributed by atoms with Crippen molar-refractivity contribution < 1.29 is 9.53 Å². The Bertz CT molecular complexity index is 623. The summed E-state index contributed by atoms with van der Waals surface area (Å²) in [5.41, 5.74) is 1.46. The second-order valence-corrected chi connectivity index (χ2v) is 6.41. The largest absolute Gasteiger partial charge is 0.378 e. The molecule has 1 atom stereocenters. The smallest absolute Gasteiger partial charge is 0.227 e. The minimum atomic E-state index is 0.0243. The normalized spacial score (nSPS) is 21.8. The Kier molecular flexibility index (Phi) is 5.04. The average Bonchev–Trinajstić information content (AvgIpc) is 2.62. The molecule has 0 bridgehead atoms. The molecule has 122 valence electrons. The van der Waals surface area contributed by atoms with E-state index in [1.165, 1.54) is 0 Å². The molecule has 2 aliphatic rings. The lowest BCUT2D eigenvalue weighted by Crippen LogP contribution is -2.48. The maximum atomic E-state index is 12.7. The number of halogens is 1. The molecule has 23 heavy (non-hydrogen) atoms. The number of rotatable bonds is 2. The summed E-state index contributed by atoms with van der Waals surface area (Å²) in [4.78, 5) is 16.8. The van der Waals surface area contributed by atoms with E-state index in [2.05, 4.69) is 11.0 Å². The Morgan fingerprint density at radius 1 is 1.30 bits per heavy atom. The van der Waals surface area contributed by atoms with E-state index in [4.69, 9.17) is 21.6 Å². The minimum absolute atomic E-state index is 0.0243. The van der Waals surface area contributed by atoms with E-state index >= 15 is 0 Å². The topological polar surface area (TPSA) is 56.6 Å². The van der Waals surface area contributed by atoms with Crippen molar-refractivity contribution in [3.8, 4) is 6.07 Å². The molecule has 0 radical (unpaired) electrons. The Balaban J connectivity index is 1.69. The Hall–Kier alpha value is -1.77. The summed E-state index contributed by atoms with van der Waals surface area (Å²) in [5.74, 6) is 0.258. The fourth-order valence-electron chi connectivity index (χ4n) is 3.25. The lowest BCUT2D eigenvalue weighted by molar-refractivity contribution is -0.139. The van der Waals surface area contributed by atoms with Crippen LogP contribution in [-0.2, 0) is 9.53 Å². The van der Waals surface area contributed by atoms with Crippen LogP contribution in [0.3, 0.4) is 0 Å². The van der Waals surface area contributed by atoms with Crippen LogP contribution >= 0.6 is 11.6 Å². The predicted molar refractivity (Wildman–Crippen MR) is 88.5 cm³/mol. The summed E-state index contributed by atoms with van der Waals surface area (Å²) in [5, 5.41) is 9.43. The fraction of sp³-hybridized carbons (Fsp3) is 0.529. The number of amides is 1. The van der Waals surface area contributed by atoms with Crippen molar-refractivity contribution in [2.75, 3.05) is 44.3 Å². The lowest BCUT2D eigenvalue weighted by Gasteiger charge is -2.37. The number of carbonyl (C=O) groups excluding carboxylic acids is 1. The van der Waals surface area contributed by atoms with Crippen molar-refractivity contribution in [3.05, 3.63) is 28.8 Å². The summed E-state index contributed by atoms with van der Waals surface area (Å²) in [6.07, 6.45) is 1.91. The molecule has 2 aliphatic heterocycles. The van der Waals surface area contributed by atoms with Crippen molar-refractivity contribution in [2.45, 2.75) is 12.8 Å². The Morgan fingerprint density at radius 2 is 2.09 bits per heavy atom. The highest BCUT2D eigenvalue weighted by Crippen LogP contribution is 2.28. The monoisotopic (exact) mass is 333 g/mol. The van der Waals surface area contributed by atoms with Gasteiger partial charge in [0.25, 0.3) is 0 Å². The van der Waals surface area contributed by atoms with Crippen molar-refractivity contribution in [1.82, 2.24) is 4.90 Å². The number of nitriles is 1. The van der Waals surface area contributed by atoms with E-state index in [0.29, 0.717) is 43.4 Å². The number of morpholine rings is 1. The molecule has 1 unspecified atom stereocenters. The van der Waals surface area contributed by atoms with E-state index in [-0.39, 0.29) is 11.8 Å². The number of hydrogen-bond donors (Lipinski definition) is 0. The first-order valence-electron chi connectivity index (χ1n) is 8.00. The number of hydrogen-bond acceptors (Lipinski definition) is 4. The first-order valence-corrected chi connectivity index (χ1v) is 8.38. The van der Waals surface area contributed by atoms with Crippen LogP contribution in [0.15, 0.2) is 18.2 Å². The molecule has 2 fully saturated rings. The van der Waals surface area contributed by atoms with Gasteiger partial charge in [0.15, 0.2) is 0 Å². The van der Waals surface area contributed by atoms with Gasteiger partial charge in [0.05, 0.1) is 29.7 Å². The van der Waals surface area contributed by atoms with Gasteiger partial charge in [-0.1, -0.05) is 11.6 Å². The van der Waals surface area contributed by atoms with Crippen molar-refractivity contribution in [3.63, 3.8) is 0 Å². The van der Waals surface area contributed by atoms with E-state index < -0.39 is 0 Å². The molecule has 1 aromatic rings. The van der Waals surface area contributed by atoms with Gasteiger partial charge >= 0.3 is 0 Å². The van der Waals surface area contributed by atoms with Crippen molar-refractivity contribution in [1.29, 1.82) is 5.26 Å². The lowest BCUT2D eigenvalue weighted by atomic mass is 9.95. The predicted octanol–water partition coefficient (Wildman–Crippen LogP) is 2.29. The number of anilines is 1. The van der Waals surface area contributed by atoms with Crippen LogP contribution in [0.2, 0.25) is 5.02 Å². The molecule has 2 saturated heterocycles. The van der Waals surface area contributed by atoms with Crippen molar-refractivity contribution in [2.24, 2.45) is 5.92 Å².